The molecule has 5 nitrogen and oxygen atoms in total. The second-order valence-corrected chi connectivity index (χ2v) is 7.39. The van der Waals surface area contributed by atoms with Crippen LogP contribution in [0.3, 0.4) is 0 Å². The number of ether oxygens (including phenoxy) is 1. The van der Waals surface area contributed by atoms with E-state index in [2.05, 4.69) is 28.4 Å². The number of rotatable bonds is 6. The van der Waals surface area contributed by atoms with Gasteiger partial charge in [0.2, 0.25) is 0 Å². The Hall–Kier alpha value is -2.05. The maximum Gasteiger partial charge on any atom is 0.278 e. The third-order valence-electron chi connectivity index (χ3n) is 4.87. The Kier molecular flexibility index (Phi) is 5.94. The van der Waals surface area contributed by atoms with Crippen molar-refractivity contribution >= 4 is 22.9 Å². The number of quaternary nitrogens is 1. The topological polar surface area (TPSA) is 46.0 Å². The van der Waals surface area contributed by atoms with Crippen LogP contribution in [0.2, 0.25) is 0 Å². The molecule has 0 aliphatic carbocycles. The second kappa shape index (κ2) is 8.36. The van der Waals surface area contributed by atoms with Gasteiger partial charge in [0.05, 0.1) is 39.8 Å². The number of carbonyl (C=O) groups excluding carboxylic acids is 1. The van der Waals surface area contributed by atoms with Crippen LogP contribution in [-0.4, -0.2) is 45.2 Å². The average Bonchev–Trinajstić information content (AvgIpc) is 3.19. The zero-order valence-electron chi connectivity index (χ0n) is 14.8. The molecule has 1 amide bonds. The van der Waals surface area contributed by atoms with Crippen LogP contribution in [0.4, 0.5) is 5.69 Å². The van der Waals surface area contributed by atoms with Gasteiger partial charge in [-0.15, -0.1) is 11.3 Å². The quantitative estimate of drug-likeness (QED) is 0.813. The van der Waals surface area contributed by atoms with Gasteiger partial charge in [0.1, 0.15) is 5.75 Å². The van der Waals surface area contributed by atoms with E-state index in [1.165, 1.54) is 15.5 Å². The third-order valence-corrected chi connectivity index (χ3v) is 5.74. The molecule has 1 fully saturated rings. The molecular formula is C19H26N3O2S+. The fourth-order valence-corrected chi connectivity index (χ4v) is 3.85. The summed E-state index contributed by atoms with van der Waals surface area (Å²) in [5.74, 6) is 1.02. The van der Waals surface area contributed by atoms with Gasteiger partial charge in [-0.05, 0) is 42.6 Å². The van der Waals surface area contributed by atoms with Crippen LogP contribution in [0, 0.1) is 0 Å². The Labute approximate surface area is 153 Å². The molecule has 0 saturated carbocycles. The van der Waals surface area contributed by atoms with Crippen molar-refractivity contribution in [2.75, 3.05) is 38.2 Å². The largest absolute Gasteiger partial charge is 0.497 e. The van der Waals surface area contributed by atoms with E-state index in [0.29, 0.717) is 6.54 Å². The average molecular weight is 361 g/mol. The highest BCUT2D eigenvalue weighted by Gasteiger charge is 2.29. The SMILES string of the molecule is COc1ccc(N2CC[NH+]([C@H](C)C(=O)NCc3cccs3)CC2)cc1. The van der Waals surface area contributed by atoms with E-state index in [-0.39, 0.29) is 11.9 Å². The minimum absolute atomic E-state index is 0.0158. The van der Waals surface area contributed by atoms with Crippen molar-refractivity contribution in [3.63, 3.8) is 0 Å². The maximum atomic E-state index is 12.4. The highest BCUT2D eigenvalue weighted by Crippen LogP contribution is 2.19. The molecule has 6 heteroatoms. The van der Waals surface area contributed by atoms with Gasteiger partial charge in [-0.1, -0.05) is 6.07 Å². The molecule has 2 N–H and O–H groups in total. The predicted octanol–water partition coefficient (Wildman–Crippen LogP) is 1.17. The first-order chi connectivity index (χ1) is 12.2. The molecule has 2 aromatic rings. The van der Waals surface area contributed by atoms with Crippen molar-refractivity contribution in [2.24, 2.45) is 0 Å². The van der Waals surface area contributed by atoms with E-state index >= 15 is 0 Å². The maximum absolute atomic E-state index is 12.4. The Morgan fingerprint density at radius 1 is 1.28 bits per heavy atom. The van der Waals surface area contributed by atoms with Crippen molar-refractivity contribution in [2.45, 2.75) is 19.5 Å². The number of carbonyl (C=O) groups is 1. The summed E-state index contributed by atoms with van der Waals surface area (Å²) in [5.41, 5.74) is 1.22. The van der Waals surface area contributed by atoms with Gasteiger partial charge in [0.15, 0.2) is 6.04 Å². The lowest BCUT2D eigenvalue weighted by Crippen LogP contribution is -3.19. The molecule has 2 heterocycles. The van der Waals surface area contributed by atoms with Gasteiger partial charge < -0.3 is 19.9 Å². The molecule has 3 rings (SSSR count). The van der Waals surface area contributed by atoms with Gasteiger partial charge in [0, 0.05) is 10.6 Å². The molecule has 0 radical (unpaired) electrons. The molecular weight excluding hydrogens is 334 g/mol. The van der Waals surface area contributed by atoms with Crippen molar-refractivity contribution in [1.29, 1.82) is 0 Å². The fraction of sp³-hybridized carbons (Fsp3) is 0.421. The number of piperazine rings is 1. The summed E-state index contributed by atoms with van der Waals surface area (Å²) < 4.78 is 5.21. The molecule has 134 valence electrons. The smallest absolute Gasteiger partial charge is 0.278 e. The first-order valence-electron chi connectivity index (χ1n) is 8.71. The van der Waals surface area contributed by atoms with Gasteiger partial charge >= 0.3 is 0 Å². The van der Waals surface area contributed by atoms with Gasteiger partial charge in [-0.3, -0.25) is 4.79 Å². The van der Waals surface area contributed by atoms with Crippen molar-refractivity contribution in [3.8, 4) is 5.75 Å². The van der Waals surface area contributed by atoms with Crippen LogP contribution in [0.1, 0.15) is 11.8 Å². The zero-order chi connectivity index (χ0) is 17.6. The molecule has 1 saturated heterocycles. The van der Waals surface area contributed by atoms with E-state index in [4.69, 9.17) is 4.74 Å². The monoisotopic (exact) mass is 360 g/mol. The van der Waals surface area contributed by atoms with E-state index in [1.54, 1.807) is 18.4 Å². The molecule has 1 aromatic carbocycles. The standard InChI is InChI=1S/C19H25N3O2S/c1-15(19(23)20-14-18-4-3-13-25-18)21-9-11-22(12-10-21)16-5-7-17(24-2)8-6-16/h3-8,13,15H,9-12,14H2,1-2H3,(H,20,23)/p+1/t15-/m1/s1. The number of methoxy groups -OCH3 is 1. The Morgan fingerprint density at radius 2 is 2.00 bits per heavy atom. The predicted molar refractivity (Wildman–Crippen MR) is 102 cm³/mol. The van der Waals surface area contributed by atoms with Gasteiger partial charge in [-0.25, -0.2) is 0 Å². The van der Waals surface area contributed by atoms with E-state index < -0.39 is 0 Å². The summed E-state index contributed by atoms with van der Waals surface area (Å²) in [4.78, 5) is 17.3. The summed E-state index contributed by atoms with van der Waals surface area (Å²) >= 11 is 1.68. The number of hydrogen-bond donors (Lipinski definition) is 2. The first-order valence-corrected chi connectivity index (χ1v) is 9.59. The molecule has 1 aromatic heterocycles. The fourth-order valence-electron chi connectivity index (χ4n) is 3.20. The summed E-state index contributed by atoms with van der Waals surface area (Å²) in [7, 11) is 1.68. The van der Waals surface area contributed by atoms with Crippen LogP contribution in [-0.2, 0) is 11.3 Å². The Bertz CT molecular complexity index is 664. The lowest BCUT2D eigenvalue weighted by Gasteiger charge is -2.36. The number of anilines is 1. The number of nitrogens with zero attached hydrogens (tertiary/aromatic N) is 1. The molecule has 0 spiro atoms. The lowest BCUT2D eigenvalue weighted by atomic mass is 10.2. The van der Waals surface area contributed by atoms with Crippen LogP contribution in [0.5, 0.6) is 5.75 Å². The minimum Gasteiger partial charge on any atom is -0.497 e. The van der Waals surface area contributed by atoms with Crippen LogP contribution < -0.4 is 19.9 Å². The van der Waals surface area contributed by atoms with E-state index in [0.717, 1.165) is 31.9 Å². The molecule has 1 aliphatic rings. The third kappa shape index (κ3) is 4.52. The minimum atomic E-state index is -0.0158. The van der Waals surface area contributed by atoms with Crippen LogP contribution in [0.15, 0.2) is 41.8 Å². The van der Waals surface area contributed by atoms with E-state index in [9.17, 15) is 4.79 Å². The number of benzene rings is 1. The molecule has 0 bridgehead atoms. The molecule has 0 unspecified atom stereocenters. The van der Waals surface area contributed by atoms with Crippen molar-refractivity contribution in [1.82, 2.24) is 5.32 Å². The number of nitrogens with one attached hydrogen (secondary N) is 2. The van der Waals surface area contributed by atoms with E-state index in [1.807, 2.05) is 30.5 Å². The highest BCUT2D eigenvalue weighted by atomic mass is 32.1. The second-order valence-electron chi connectivity index (χ2n) is 6.36. The van der Waals surface area contributed by atoms with Crippen molar-refractivity contribution in [3.05, 3.63) is 46.7 Å². The number of amides is 1. The summed E-state index contributed by atoms with van der Waals surface area (Å²) in [6, 6.07) is 12.2. The summed E-state index contributed by atoms with van der Waals surface area (Å²) in [6.07, 6.45) is 0. The first kappa shape index (κ1) is 17.8. The lowest BCUT2D eigenvalue weighted by molar-refractivity contribution is -0.914. The molecule has 1 aliphatic heterocycles. The van der Waals surface area contributed by atoms with Crippen LogP contribution in [0.25, 0.3) is 0 Å². The number of thiophene rings is 1. The summed E-state index contributed by atoms with van der Waals surface area (Å²) in [5, 5.41) is 5.10. The molecule has 25 heavy (non-hydrogen) atoms. The number of hydrogen-bond acceptors (Lipinski definition) is 4. The highest BCUT2D eigenvalue weighted by molar-refractivity contribution is 7.09. The van der Waals surface area contributed by atoms with Gasteiger partial charge in [0.25, 0.3) is 5.91 Å². The van der Waals surface area contributed by atoms with Gasteiger partial charge in [-0.2, -0.15) is 0 Å². The van der Waals surface area contributed by atoms with Crippen LogP contribution >= 0.6 is 11.3 Å². The Balaban J connectivity index is 1.48. The Morgan fingerprint density at radius 3 is 2.60 bits per heavy atom. The summed E-state index contributed by atoms with van der Waals surface area (Å²) in [6.45, 7) is 6.53. The molecule has 1 atom stereocenters. The normalized spacial score (nSPS) is 16.5. The zero-order valence-corrected chi connectivity index (χ0v) is 15.6. The van der Waals surface area contributed by atoms with Crippen molar-refractivity contribution < 1.29 is 14.4 Å².